The second kappa shape index (κ2) is 6.17. The molecule has 1 atom stereocenters. The zero-order chi connectivity index (χ0) is 18.4. The molecule has 2 aromatic heterocycles. The van der Waals surface area contributed by atoms with Crippen LogP contribution in [0.5, 0.6) is 11.5 Å². The van der Waals surface area contributed by atoms with Crippen LogP contribution >= 0.6 is 11.3 Å². The van der Waals surface area contributed by atoms with Gasteiger partial charge in [-0.1, -0.05) is 12.1 Å². The summed E-state index contributed by atoms with van der Waals surface area (Å²) < 4.78 is 10.9. The fourth-order valence-corrected chi connectivity index (χ4v) is 4.57. The number of fused-ring (bicyclic) bond motifs is 3. The summed E-state index contributed by atoms with van der Waals surface area (Å²) >= 11 is 1.41. The summed E-state index contributed by atoms with van der Waals surface area (Å²) in [5.41, 5.74) is 3.68. The molecule has 1 amide bonds. The Hall–Kier alpha value is -2.80. The number of methoxy groups -OCH3 is 2. The van der Waals surface area contributed by atoms with Gasteiger partial charge >= 0.3 is 0 Å². The van der Waals surface area contributed by atoms with Crippen molar-refractivity contribution < 1.29 is 14.3 Å². The Labute approximate surface area is 155 Å². The fourth-order valence-electron chi connectivity index (χ4n) is 3.41. The molecule has 0 saturated carbocycles. The number of para-hydroxylation sites is 1. The smallest absolute Gasteiger partial charge is 0.265 e. The zero-order valence-electron chi connectivity index (χ0n) is 15.0. The number of benzene rings is 1. The SMILES string of the molecule is COc1cccc([C@@H]2NC(=O)c3sc4nc(C)cc(C)c4c3N2)c1OC. The average Bonchev–Trinajstić information content (AvgIpc) is 2.99. The van der Waals surface area contributed by atoms with Crippen molar-refractivity contribution in [2.24, 2.45) is 0 Å². The number of nitrogens with zero attached hydrogens (tertiary/aromatic N) is 1. The summed E-state index contributed by atoms with van der Waals surface area (Å²) in [7, 11) is 3.19. The first-order valence-electron chi connectivity index (χ1n) is 8.22. The second-order valence-electron chi connectivity index (χ2n) is 6.20. The van der Waals surface area contributed by atoms with Crippen LogP contribution in [0.25, 0.3) is 10.2 Å². The van der Waals surface area contributed by atoms with Crippen molar-refractivity contribution in [3.8, 4) is 11.5 Å². The van der Waals surface area contributed by atoms with Crippen LogP contribution in [-0.2, 0) is 0 Å². The molecule has 0 spiro atoms. The van der Waals surface area contributed by atoms with E-state index in [1.165, 1.54) is 11.3 Å². The molecule has 2 N–H and O–H groups in total. The lowest BCUT2D eigenvalue weighted by Crippen LogP contribution is -2.37. The summed E-state index contributed by atoms with van der Waals surface area (Å²) in [6.07, 6.45) is -0.418. The monoisotopic (exact) mass is 369 g/mol. The highest BCUT2D eigenvalue weighted by molar-refractivity contribution is 7.21. The number of nitrogens with one attached hydrogen (secondary N) is 2. The van der Waals surface area contributed by atoms with Crippen LogP contribution in [0.4, 0.5) is 5.69 Å². The zero-order valence-corrected chi connectivity index (χ0v) is 15.8. The van der Waals surface area contributed by atoms with E-state index in [-0.39, 0.29) is 5.91 Å². The molecule has 3 heterocycles. The third-order valence-electron chi connectivity index (χ3n) is 4.50. The predicted octanol–water partition coefficient (Wildman–Crippen LogP) is 3.78. The summed E-state index contributed by atoms with van der Waals surface area (Å²) in [6.45, 7) is 4.00. The summed E-state index contributed by atoms with van der Waals surface area (Å²) in [5.74, 6) is 1.10. The number of hydrogen-bond donors (Lipinski definition) is 2. The largest absolute Gasteiger partial charge is 0.493 e. The number of aromatic nitrogens is 1. The van der Waals surface area contributed by atoms with E-state index in [0.29, 0.717) is 16.4 Å². The number of ether oxygens (including phenoxy) is 2. The predicted molar refractivity (Wildman–Crippen MR) is 102 cm³/mol. The molecule has 0 fully saturated rings. The van der Waals surface area contributed by atoms with E-state index in [2.05, 4.69) is 15.6 Å². The van der Waals surface area contributed by atoms with Gasteiger partial charge in [0, 0.05) is 16.6 Å². The molecule has 26 heavy (non-hydrogen) atoms. The van der Waals surface area contributed by atoms with Gasteiger partial charge < -0.3 is 20.1 Å². The van der Waals surface area contributed by atoms with Crippen LogP contribution in [-0.4, -0.2) is 25.1 Å². The van der Waals surface area contributed by atoms with E-state index in [9.17, 15) is 4.79 Å². The first kappa shape index (κ1) is 16.7. The minimum absolute atomic E-state index is 0.117. The summed E-state index contributed by atoms with van der Waals surface area (Å²) in [6, 6.07) is 7.65. The molecular weight excluding hydrogens is 350 g/mol. The number of amides is 1. The van der Waals surface area contributed by atoms with Gasteiger partial charge in [0.15, 0.2) is 11.5 Å². The number of rotatable bonds is 3. The summed E-state index contributed by atoms with van der Waals surface area (Å²) in [5, 5.41) is 7.46. The number of pyridine rings is 1. The number of hydrogen-bond acceptors (Lipinski definition) is 6. The van der Waals surface area contributed by atoms with Crippen LogP contribution in [0.1, 0.15) is 32.7 Å². The van der Waals surface area contributed by atoms with Crippen LogP contribution in [0.15, 0.2) is 24.3 Å². The van der Waals surface area contributed by atoms with Gasteiger partial charge in [0.1, 0.15) is 15.9 Å². The quantitative estimate of drug-likeness (QED) is 0.735. The minimum Gasteiger partial charge on any atom is -0.493 e. The lowest BCUT2D eigenvalue weighted by atomic mass is 10.1. The van der Waals surface area contributed by atoms with Crippen molar-refractivity contribution in [3.63, 3.8) is 0 Å². The minimum atomic E-state index is -0.418. The van der Waals surface area contributed by atoms with E-state index in [1.54, 1.807) is 14.2 Å². The molecule has 7 heteroatoms. The van der Waals surface area contributed by atoms with E-state index < -0.39 is 6.17 Å². The summed E-state index contributed by atoms with van der Waals surface area (Å²) in [4.78, 5) is 18.9. The number of thiophene rings is 1. The van der Waals surface area contributed by atoms with Crippen LogP contribution in [0, 0.1) is 13.8 Å². The van der Waals surface area contributed by atoms with E-state index in [0.717, 1.165) is 32.7 Å². The Morgan fingerprint density at radius 2 is 1.96 bits per heavy atom. The van der Waals surface area contributed by atoms with Gasteiger partial charge in [-0.2, -0.15) is 0 Å². The molecule has 134 valence electrons. The van der Waals surface area contributed by atoms with Crippen LogP contribution in [0.2, 0.25) is 0 Å². The van der Waals surface area contributed by atoms with Gasteiger partial charge in [-0.15, -0.1) is 11.3 Å². The number of aryl methyl sites for hydroxylation is 2. The molecule has 6 nitrogen and oxygen atoms in total. The lowest BCUT2D eigenvalue weighted by molar-refractivity contribution is 0.0939. The van der Waals surface area contributed by atoms with Crippen LogP contribution < -0.4 is 20.1 Å². The molecule has 1 aliphatic heterocycles. The van der Waals surface area contributed by atoms with Crippen molar-refractivity contribution >= 4 is 33.1 Å². The van der Waals surface area contributed by atoms with Crippen molar-refractivity contribution in [3.05, 3.63) is 46.0 Å². The molecule has 4 rings (SSSR count). The number of carbonyl (C=O) groups is 1. The van der Waals surface area contributed by atoms with Crippen molar-refractivity contribution in [1.82, 2.24) is 10.3 Å². The van der Waals surface area contributed by atoms with Crippen molar-refractivity contribution in [2.75, 3.05) is 19.5 Å². The lowest BCUT2D eigenvalue weighted by Gasteiger charge is -2.28. The van der Waals surface area contributed by atoms with Gasteiger partial charge in [0.2, 0.25) is 0 Å². The first-order valence-corrected chi connectivity index (χ1v) is 9.04. The molecule has 0 bridgehead atoms. The van der Waals surface area contributed by atoms with Crippen LogP contribution in [0.3, 0.4) is 0 Å². The van der Waals surface area contributed by atoms with Gasteiger partial charge in [0.05, 0.1) is 19.9 Å². The maximum Gasteiger partial charge on any atom is 0.265 e. The Morgan fingerprint density at radius 3 is 2.69 bits per heavy atom. The standard InChI is InChI=1S/C19H19N3O3S/c1-9-8-10(2)20-19-13(9)14-16(26-19)18(23)22-17(21-14)11-6-5-7-12(24-3)15(11)25-4/h5-8,17,21H,1-4H3,(H,22,23)/t17-/m0/s1. The maximum atomic E-state index is 12.7. The molecule has 1 aliphatic rings. The number of carbonyl (C=O) groups excluding carboxylic acids is 1. The number of anilines is 1. The molecule has 0 saturated heterocycles. The van der Waals surface area contributed by atoms with Crippen molar-refractivity contribution in [2.45, 2.75) is 20.0 Å². The molecule has 0 unspecified atom stereocenters. The Balaban J connectivity index is 1.85. The van der Waals surface area contributed by atoms with Crippen molar-refractivity contribution in [1.29, 1.82) is 0 Å². The molecule has 0 aliphatic carbocycles. The first-order chi connectivity index (χ1) is 12.5. The highest BCUT2D eigenvalue weighted by Crippen LogP contribution is 2.43. The second-order valence-corrected chi connectivity index (χ2v) is 7.20. The molecule has 1 aromatic carbocycles. The third kappa shape index (κ3) is 2.47. The Morgan fingerprint density at radius 1 is 1.15 bits per heavy atom. The van der Waals surface area contributed by atoms with Gasteiger partial charge in [-0.3, -0.25) is 4.79 Å². The highest BCUT2D eigenvalue weighted by Gasteiger charge is 2.31. The Bertz CT molecular complexity index is 1030. The Kier molecular flexibility index (Phi) is 3.96. The highest BCUT2D eigenvalue weighted by atomic mass is 32.1. The maximum absolute atomic E-state index is 12.7. The van der Waals surface area contributed by atoms with Gasteiger partial charge in [-0.25, -0.2) is 4.98 Å². The molecule has 3 aromatic rings. The van der Waals surface area contributed by atoms with E-state index >= 15 is 0 Å². The van der Waals surface area contributed by atoms with E-state index in [1.807, 2.05) is 38.1 Å². The topological polar surface area (TPSA) is 72.5 Å². The fraction of sp³-hybridized carbons (Fsp3) is 0.263. The van der Waals surface area contributed by atoms with Gasteiger partial charge in [-0.05, 0) is 31.5 Å². The normalized spacial score (nSPS) is 16.0. The van der Waals surface area contributed by atoms with Gasteiger partial charge in [0.25, 0.3) is 5.91 Å². The van der Waals surface area contributed by atoms with E-state index in [4.69, 9.17) is 9.47 Å². The molecule has 0 radical (unpaired) electrons. The molecular formula is C19H19N3O3S. The average molecular weight is 369 g/mol. The third-order valence-corrected chi connectivity index (χ3v) is 5.58.